The summed E-state index contributed by atoms with van der Waals surface area (Å²) in [5.41, 5.74) is 13.2. The van der Waals surface area contributed by atoms with E-state index in [0.717, 1.165) is 5.56 Å². The predicted octanol–water partition coefficient (Wildman–Crippen LogP) is 4.76. The molecule has 4 rings (SSSR count). The van der Waals surface area contributed by atoms with E-state index < -0.39 is 0 Å². The maximum absolute atomic E-state index is 9.02. The summed E-state index contributed by atoms with van der Waals surface area (Å²) in [4.78, 5) is 0. The second-order valence-electron chi connectivity index (χ2n) is 7.08. The van der Waals surface area contributed by atoms with E-state index in [1.165, 1.54) is 42.5 Å². The number of rotatable bonds is 0. The number of phenols is 6. The molecule has 0 amide bonds. The van der Waals surface area contributed by atoms with Gasteiger partial charge >= 0.3 is 0 Å². The minimum Gasteiger partial charge on any atom is -0.508 e. The molecule has 0 saturated heterocycles. The van der Waals surface area contributed by atoms with Crippen LogP contribution in [0.3, 0.4) is 0 Å². The molecule has 0 radical (unpaired) electrons. The number of benzene rings is 4. The van der Waals surface area contributed by atoms with Crippen LogP contribution in [-0.2, 0) is 0 Å². The first kappa shape index (κ1) is 27.3. The third-order valence-electron chi connectivity index (χ3n) is 4.21. The number of hydrogen-bond donors (Lipinski definition) is 8. The first-order valence-electron chi connectivity index (χ1n) is 10.0. The van der Waals surface area contributed by atoms with Crippen LogP contribution in [0.15, 0.2) is 84.9 Å². The van der Waals surface area contributed by atoms with Crippen molar-refractivity contribution in [2.75, 3.05) is 11.5 Å². The van der Waals surface area contributed by atoms with Crippen LogP contribution in [0.1, 0.15) is 11.1 Å². The molecule has 0 aliphatic carbocycles. The number of nitrogen functional groups attached to an aromatic ring is 2. The van der Waals surface area contributed by atoms with Gasteiger partial charge in [-0.15, -0.1) is 0 Å². The Hall–Kier alpha value is -4.72. The van der Waals surface area contributed by atoms with E-state index in [9.17, 15) is 0 Å². The lowest BCUT2D eigenvalue weighted by Crippen LogP contribution is -1.83. The van der Waals surface area contributed by atoms with Crippen molar-refractivity contribution in [3.63, 3.8) is 0 Å². The van der Waals surface area contributed by atoms with Crippen LogP contribution in [0.5, 0.6) is 34.5 Å². The summed E-state index contributed by atoms with van der Waals surface area (Å²) >= 11 is 0. The standard InChI is InChI=1S/C7H9NO.C7H8O2.C6H7NO.C6H6O2/c1-5-2-3-6(8)4-7(5)9;1-5-6(8)3-2-4-7(5)9;2*7-5-2-1-3-6(8)4-5/h2-4,9H,8H2,1H3;2-4,8-9H,1H3;1-4,8H,7H2;1-4,7-8H. The molecule has 0 aromatic heterocycles. The number of nitrogens with two attached hydrogens (primary N) is 2. The topological polar surface area (TPSA) is 173 Å². The summed E-state index contributed by atoms with van der Waals surface area (Å²) in [6.45, 7) is 3.49. The van der Waals surface area contributed by atoms with Crippen LogP contribution in [0.25, 0.3) is 0 Å². The zero-order chi connectivity index (χ0) is 25.7. The van der Waals surface area contributed by atoms with Gasteiger partial charge in [-0.2, -0.15) is 0 Å². The van der Waals surface area contributed by atoms with Gasteiger partial charge in [-0.1, -0.05) is 24.3 Å². The fraction of sp³-hybridized carbons (Fsp3) is 0.0769. The van der Waals surface area contributed by atoms with Crippen LogP contribution in [0.4, 0.5) is 11.4 Å². The van der Waals surface area contributed by atoms with Crippen LogP contribution in [0, 0.1) is 13.8 Å². The summed E-state index contributed by atoms with van der Waals surface area (Å²) in [6.07, 6.45) is 0. The largest absolute Gasteiger partial charge is 0.508 e. The maximum Gasteiger partial charge on any atom is 0.122 e. The highest BCUT2D eigenvalue weighted by Gasteiger charge is 1.97. The normalized spacial score (nSPS) is 9.24. The van der Waals surface area contributed by atoms with Crippen molar-refractivity contribution in [1.29, 1.82) is 0 Å². The van der Waals surface area contributed by atoms with Crippen molar-refractivity contribution in [2.45, 2.75) is 13.8 Å². The summed E-state index contributed by atoms with van der Waals surface area (Å²) in [5, 5.41) is 52.9. The van der Waals surface area contributed by atoms with Crippen LogP contribution in [-0.4, -0.2) is 30.6 Å². The van der Waals surface area contributed by atoms with Crippen molar-refractivity contribution in [3.05, 3.63) is 96.1 Å². The zero-order valence-corrected chi connectivity index (χ0v) is 18.9. The molecule has 4 aromatic carbocycles. The molecule has 180 valence electrons. The summed E-state index contributed by atoms with van der Waals surface area (Å²) in [7, 11) is 0. The Morgan fingerprint density at radius 1 is 0.471 bits per heavy atom. The third-order valence-corrected chi connectivity index (χ3v) is 4.21. The van der Waals surface area contributed by atoms with E-state index >= 15 is 0 Å². The van der Waals surface area contributed by atoms with Crippen LogP contribution >= 0.6 is 0 Å². The van der Waals surface area contributed by atoms with Crippen molar-refractivity contribution < 1.29 is 30.6 Å². The molecule has 10 N–H and O–H groups in total. The fourth-order valence-corrected chi connectivity index (χ4v) is 2.26. The van der Waals surface area contributed by atoms with Crippen molar-refractivity contribution in [3.8, 4) is 34.5 Å². The molecule has 4 aromatic rings. The van der Waals surface area contributed by atoms with E-state index in [0.29, 0.717) is 16.9 Å². The van der Waals surface area contributed by atoms with Gasteiger partial charge in [0.2, 0.25) is 0 Å². The van der Waals surface area contributed by atoms with Gasteiger partial charge in [-0.3, -0.25) is 0 Å². The van der Waals surface area contributed by atoms with Gasteiger partial charge in [0.1, 0.15) is 34.5 Å². The summed E-state index contributed by atoms with van der Waals surface area (Å²) in [5.74, 6) is 0.917. The lowest BCUT2D eigenvalue weighted by molar-refractivity contribution is 0.443. The minimum atomic E-state index is 0.0880. The number of hydrogen-bond acceptors (Lipinski definition) is 8. The molecule has 0 atom stereocenters. The Morgan fingerprint density at radius 3 is 1.24 bits per heavy atom. The summed E-state index contributed by atoms with van der Waals surface area (Å²) in [6, 6.07) is 22.1. The van der Waals surface area contributed by atoms with Gasteiger partial charge in [-0.05, 0) is 61.9 Å². The quantitative estimate of drug-likeness (QED) is 0.171. The third kappa shape index (κ3) is 10.5. The lowest BCUT2D eigenvalue weighted by Gasteiger charge is -1.98. The molecule has 8 nitrogen and oxygen atoms in total. The Morgan fingerprint density at radius 2 is 0.912 bits per heavy atom. The highest BCUT2D eigenvalue weighted by molar-refractivity contribution is 5.47. The molecule has 0 bridgehead atoms. The second-order valence-corrected chi connectivity index (χ2v) is 7.08. The fourth-order valence-electron chi connectivity index (χ4n) is 2.26. The highest BCUT2D eigenvalue weighted by atomic mass is 16.3. The Bertz CT molecular complexity index is 1080. The number of aromatic hydroxyl groups is 6. The van der Waals surface area contributed by atoms with E-state index in [1.54, 1.807) is 49.4 Å². The monoisotopic (exact) mass is 466 g/mol. The first-order chi connectivity index (χ1) is 16.0. The molecule has 0 aliphatic rings. The summed E-state index contributed by atoms with van der Waals surface area (Å²) < 4.78 is 0. The van der Waals surface area contributed by atoms with Gasteiger partial charge < -0.3 is 42.1 Å². The predicted molar refractivity (Wildman–Crippen MR) is 134 cm³/mol. The molecule has 8 heteroatoms. The van der Waals surface area contributed by atoms with Gasteiger partial charge in [0.05, 0.1) is 0 Å². The zero-order valence-electron chi connectivity index (χ0n) is 18.9. The molecular weight excluding hydrogens is 436 g/mol. The molecular formula is C26H30N2O6. The molecule has 0 aliphatic heterocycles. The molecule has 34 heavy (non-hydrogen) atoms. The smallest absolute Gasteiger partial charge is 0.122 e. The molecule has 0 unspecified atom stereocenters. The SMILES string of the molecule is Cc1c(O)cccc1O.Cc1ccc(N)cc1O.Nc1cccc(O)c1.Oc1cccc(O)c1. The molecule has 0 fully saturated rings. The average molecular weight is 467 g/mol. The minimum absolute atomic E-state index is 0.0880. The Kier molecular flexibility index (Phi) is 11.0. The highest BCUT2D eigenvalue weighted by Crippen LogP contribution is 2.24. The number of phenolic OH excluding ortho intramolecular Hbond substituents is 6. The Balaban J connectivity index is 0.000000227. The average Bonchev–Trinajstić information content (AvgIpc) is 2.76. The van der Waals surface area contributed by atoms with Crippen LogP contribution in [0.2, 0.25) is 0 Å². The van der Waals surface area contributed by atoms with Crippen molar-refractivity contribution in [1.82, 2.24) is 0 Å². The van der Waals surface area contributed by atoms with Crippen molar-refractivity contribution in [2.24, 2.45) is 0 Å². The van der Waals surface area contributed by atoms with Crippen LogP contribution < -0.4 is 11.5 Å². The van der Waals surface area contributed by atoms with Gasteiger partial charge in [0.25, 0.3) is 0 Å². The Labute approximate surface area is 198 Å². The van der Waals surface area contributed by atoms with E-state index in [1.807, 2.05) is 6.92 Å². The van der Waals surface area contributed by atoms with E-state index in [4.69, 9.17) is 42.1 Å². The number of anilines is 2. The second kappa shape index (κ2) is 13.6. The number of aryl methyl sites for hydroxylation is 1. The van der Waals surface area contributed by atoms with Crippen molar-refractivity contribution >= 4 is 11.4 Å². The molecule has 0 saturated carbocycles. The van der Waals surface area contributed by atoms with Gasteiger partial charge in [0.15, 0.2) is 0 Å². The van der Waals surface area contributed by atoms with E-state index in [2.05, 4.69) is 0 Å². The molecule has 0 spiro atoms. The lowest BCUT2D eigenvalue weighted by atomic mass is 10.2. The van der Waals surface area contributed by atoms with Gasteiger partial charge in [0, 0.05) is 35.1 Å². The van der Waals surface area contributed by atoms with E-state index in [-0.39, 0.29) is 34.5 Å². The maximum atomic E-state index is 9.02. The first-order valence-corrected chi connectivity index (χ1v) is 10.0. The molecule has 0 heterocycles. The van der Waals surface area contributed by atoms with Gasteiger partial charge in [-0.25, -0.2) is 0 Å².